The molecule has 346 valence electrons. The molecule has 0 atom stereocenters. The lowest BCUT2D eigenvalue weighted by Gasteiger charge is -2.57. The van der Waals surface area contributed by atoms with Crippen LogP contribution in [0.5, 0.6) is 11.5 Å². The third-order valence-corrected chi connectivity index (χ3v) is 31.3. The van der Waals surface area contributed by atoms with E-state index in [1.54, 1.807) is 0 Å². The quantitative estimate of drug-likeness (QED) is 0.153. The lowest BCUT2D eigenvalue weighted by molar-refractivity contribution is -0.00621. The van der Waals surface area contributed by atoms with E-state index in [2.05, 4.69) is 159 Å². The van der Waals surface area contributed by atoms with Gasteiger partial charge in [-0.2, -0.15) is 0 Å². The molecule has 66 heavy (non-hydrogen) atoms. The van der Waals surface area contributed by atoms with Crippen molar-refractivity contribution in [2.45, 2.75) is 166 Å². The van der Waals surface area contributed by atoms with E-state index in [9.17, 15) is 10.2 Å². The van der Waals surface area contributed by atoms with Crippen LogP contribution in [0.3, 0.4) is 0 Å². The number of nitrogens with zero attached hydrogens (tertiary/aromatic N) is 1. The molecule has 5 aromatic rings. The summed E-state index contributed by atoms with van der Waals surface area (Å²) in [4.78, 5) is 5.57. The summed E-state index contributed by atoms with van der Waals surface area (Å²) in [5.41, 5.74) is 10.5. The zero-order valence-electron chi connectivity index (χ0n) is 42.0. The zero-order chi connectivity index (χ0) is 46.3. The standard InChI is InChI=1S/C61H77NO2Si2/c1-58(2,3)65(7,8)44-28-50(56(63)52(30-44)60-32-38-22-39(33-60)24-40(23-38)34-60)46-16-11-13-18-48(46)54-20-15-21-55(62-54)49-19-14-12-17-47(49)51-29-45(66(9,10)59(4,5)6)31-53(57(51)64)61-35-41-25-42(36-61)27-43(26-41)37-61/h11-21,28-31,38-43,63-64H,22-27,32-37H2,1-10H3. The van der Waals surface area contributed by atoms with Gasteiger partial charge in [-0.15, -0.1) is 0 Å². The van der Waals surface area contributed by atoms with E-state index in [0.29, 0.717) is 11.5 Å². The number of aromatic nitrogens is 1. The first kappa shape index (κ1) is 44.6. The maximum absolute atomic E-state index is 12.9. The van der Waals surface area contributed by atoms with Crippen LogP contribution in [-0.2, 0) is 10.8 Å². The molecule has 1 heterocycles. The Morgan fingerprint density at radius 1 is 0.424 bits per heavy atom. The molecule has 0 saturated heterocycles. The number of benzene rings is 4. The molecule has 8 bridgehead atoms. The molecule has 8 saturated carbocycles. The summed E-state index contributed by atoms with van der Waals surface area (Å²) in [5.74, 6) is 5.74. The largest absolute Gasteiger partial charge is 0.507 e. The predicted molar refractivity (Wildman–Crippen MR) is 283 cm³/mol. The van der Waals surface area contributed by atoms with Gasteiger partial charge in [0, 0.05) is 33.4 Å². The number of phenolic OH excluding ortho intramolecular Hbond substituents is 2. The van der Waals surface area contributed by atoms with E-state index in [-0.39, 0.29) is 20.9 Å². The molecule has 0 spiro atoms. The van der Waals surface area contributed by atoms with E-state index in [1.807, 2.05) is 0 Å². The molecule has 8 fully saturated rings. The molecule has 4 aromatic carbocycles. The van der Waals surface area contributed by atoms with E-state index >= 15 is 0 Å². The number of aromatic hydroxyl groups is 2. The molecule has 8 aliphatic carbocycles. The van der Waals surface area contributed by atoms with E-state index in [4.69, 9.17) is 4.98 Å². The van der Waals surface area contributed by atoms with Crippen molar-refractivity contribution in [2.75, 3.05) is 0 Å². The molecule has 2 N–H and O–H groups in total. The predicted octanol–water partition coefficient (Wildman–Crippen LogP) is 15.5. The van der Waals surface area contributed by atoms with Gasteiger partial charge < -0.3 is 10.2 Å². The van der Waals surface area contributed by atoms with Gasteiger partial charge in [-0.3, -0.25) is 0 Å². The number of pyridine rings is 1. The van der Waals surface area contributed by atoms with Gasteiger partial charge in [0.25, 0.3) is 0 Å². The van der Waals surface area contributed by atoms with Crippen LogP contribution in [0.4, 0.5) is 0 Å². The summed E-state index contributed by atoms with van der Waals surface area (Å²) < 4.78 is 0. The first-order valence-corrected chi connectivity index (χ1v) is 32.1. The van der Waals surface area contributed by atoms with Crippen LogP contribution in [0.15, 0.2) is 91.0 Å². The normalized spacial score (nSPS) is 29.2. The summed E-state index contributed by atoms with van der Waals surface area (Å²) in [6.07, 6.45) is 15.6. The minimum absolute atomic E-state index is 0.0613. The molecule has 1 aromatic heterocycles. The summed E-state index contributed by atoms with van der Waals surface area (Å²) >= 11 is 0. The highest BCUT2D eigenvalue weighted by Gasteiger charge is 2.55. The van der Waals surface area contributed by atoms with Crippen LogP contribution in [0.25, 0.3) is 44.8 Å². The summed E-state index contributed by atoms with van der Waals surface area (Å²) in [5, 5.41) is 29.0. The van der Waals surface area contributed by atoms with Crippen LogP contribution < -0.4 is 10.4 Å². The molecule has 0 amide bonds. The summed E-state index contributed by atoms with van der Waals surface area (Å²) in [6, 6.07) is 33.7. The van der Waals surface area contributed by atoms with Gasteiger partial charge in [-0.1, -0.05) is 157 Å². The highest BCUT2D eigenvalue weighted by Crippen LogP contribution is 2.64. The van der Waals surface area contributed by atoms with Gasteiger partial charge in [0.15, 0.2) is 0 Å². The Hall–Kier alpha value is -3.94. The van der Waals surface area contributed by atoms with Crippen molar-refractivity contribution < 1.29 is 10.2 Å². The first-order valence-electron chi connectivity index (χ1n) is 26.1. The molecular weight excluding hydrogens is 835 g/mol. The van der Waals surface area contributed by atoms with Crippen LogP contribution in [0.2, 0.25) is 36.3 Å². The molecule has 0 radical (unpaired) electrons. The Labute approximate surface area is 399 Å². The molecule has 13 rings (SSSR count). The van der Waals surface area contributed by atoms with E-state index in [1.165, 1.54) is 98.6 Å². The van der Waals surface area contributed by atoms with Crippen LogP contribution in [0, 0.1) is 35.5 Å². The van der Waals surface area contributed by atoms with E-state index < -0.39 is 16.1 Å². The average molecular weight is 912 g/mol. The second kappa shape index (κ2) is 15.3. The highest BCUT2D eigenvalue weighted by atomic mass is 28.3. The van der Waals surface area contributed by atoms with Crippen molar-refractivity contribution in [2.24, 2.45) is 35.5 Å². The summed E-state index contributed by atoms with van der Waals surface area (Å²) in [7, 11) is -4.00. The zero-order valence-corrected chi connectivity index (χ0v) is 44.0. The fourth-order valence-electron chi connectivity index (χ4n) is 15.6. The van der Waals surface area contributed by atoms with Gasteiger partial charge in [0.2, 0.25) is 0 Å². The Morgan fingerprint density at radius 3 is 1.03 bits per heavy atom. The molecule has 5 heteroatoms. The van der Waals surface area contributed by atoms with Gasteiger partial charge in [-0.25, -0.2) is 4.98 Å². The van der Waals surface area contributed by atoms with Gasteiger partial charge >= 0.3 is 0 Å². The van der Waals surface area contributed by atoms with Crippen molar-refractivity contribution in [3.63, 3.8) is 0 Å². The van der Waals surface area contributed by atoms with Crippen LogP contribution in [0.1, 0.15) is 130 Å². The lowest BCUT2D eigenvalue weighted by Crippen LogP contribution is -2.51. The van der Waals surface area contributed by atoms with Crippen LogP contribution >= 0.6 is 0 Å². The molecule has 3 nitrogen and oxygen atoms in total. The Bertz CT molecular complexity index is 2480. The highest BCUT2D eigenvalue weighted by molar-refractivity contribution is 6.92. The van der Waals surface area contributed by atoms with Crippen molar-refractivity contribution in [3.8, 4) is 56.3 Å². The topological polar surface area (TPSA) is 53.4 Å². The van der Waals surface area contributed by atoms with Gasteiger partial charge in [0.1, 0.15) is 11.5 Å². The average Bonchev–Trinajstić information content (AvgIpc) is 3.25. The fraction of sp³-hybridized carbons (Fsp3) is 0.525. The smallest absolute Gasteiger partial charge is 0.127 e. The fourth-order valence-corrected chi connectivity index (χ4v) is 19.3. The second-order valence-corrected chi connectivity index (χ2v) is 37.1. The summed E-state index contributed by atoms with van der Waals surface area (Å²) in [6.45, 7) is 24.7. The van der Waals surface area contributed by atoms with Gasteiger partial charge in [0.05, 0.1) is 27.5 Å². The Balaban J connectivity index is 1.05. The van der Waals surface area contributed by atoms with Crippen molar-refractivity contribution >= 4 is 26.5 Å². The van der Waals surface area contributed by atoms with Crippen LogP contribution in [-0.4, -0.2) is 31.3 Å². The second-order valence-electron chi connectivity index (χ2n) is 26.5. The molecule has 0 aliphatic heterocycles. The molecular formula is C61H77NO2Si2. The van der Waals surface area contributed by atoms with E-state index in [0.717, 1.165) is 80.3 Å². The third-order valence-electron chi connectivity index (χ3n) is 20.4. The Morgan fingerprint density at radius 2 is 0.727 bits per heavy atom. The third kappa shape index (κ3) is 7.08. The lowest BCUT2D eigenvalue weighted by atomic mass is 9.48. The maximum Gasteiger partial charge on any atom is 0.127 e. The van der Waals surface area contributed by atoms with Crippen molar-refractivity contribution in [1.29, 1.82) is 0 Å². The number of phenols is 2. The minimum atomic E-state index is -2.00. The number of hydrogen-bond acceptors (Lipinski definition) is 3. The Kier molecular flexibility index (Phi) is 10.3. The minimum Gasteiger partial charge on any atom is -0.507 e. The number of hydrogen-bond donors (Lipinski definition) is 2. The SMILES string of the molecule is CC(C)(C)[Si](C)(C)c1cc(-c2ccccc2-c2cccc(-c3ccccc3-c3cc([Si](C)(C)C(C)(C)C)cc(C45CC6CC(CC(C6)C4)C5)c3O)n2)c(O)c(C23CC4CC(CC(C4)C2)C3)c1. The first-order chi connectivity index (χ1) is 31.1. The molecule has 8 aliphatic rings. The van der Waals surface area contributed by atoms with Crippen molar-refractivity contribution in [3.05, 3.63) is 102 Å². The van der Waals surface area contributed by atoms with Gasteiger partial charge in [-0.05, 0) is 157 Å². The van der Waals surface area contributed by atoms with Crippen molar-refractivity contribution in [1.82, 2.24) is 4.98 Å². The number of rotatable bonds is 8. The molecule has 0 unspecified atom stereocenters. The maximum atomic E-state index is 12.9. The monoisotopic (exact) mass is 912 g/mol.